The van der Waals surface area contributed by atoms with Crippen LogP contribution >= 0.6 is 0 Å². The van der Waals surface area contributed by atoms with Crippen LogP contribution in [0.1, 0.15) is 25.5 Å². The Morgan fingerprint density at radius 3 is 2.68 bits per heavy atom. The van der Waals surface area contributed by atoms with Gasteiger partial charge >= 0.3 is 6.03 Å². The van der Waals surface area contributed by atoms with Crippen LogP contribution in [0.25, 0.3) is 0 Å². The van der Waals surface area contributed by atoms with Crippen LogP contribution in [0.5, 0.6) is 0 Å². The fourth-order valence-corrected chi connectivity index (χ4v) is 2.45. The number of benzene rings is 1. The second-order valence-electron chi connectivity index (χ2n) is 4.54. The number of aliphatic hydroxyl groups excluding tert-OH is 1. The van der Waals surface area contributed by atoms with E-state index in [0.29, 0.717) is 11.4 Å². The highest BCUT2D eigenvalue weighted by Gasteiger charge is 2.09. The maximum absolute atomic E-state index is 11.7. The summed E-state index contributed by atoms with van der Waals surface area (Å²) in [7, 11) is -0.944. The van der Waals surface area contributed by atoms with Crippen molar-refractivity contribution >= 4 is 22.5 Å². The molecule has 19 heavy (non-hydrogen) atoms. The van der Waals surface area contributed by atoms with Gasteiger partial charge in [0.15, 0.2) is 0 Å². The number of urea groups is 1. The van der Waals surface area contributed by atoms with Crippen molar-refractivity contribution in [2.45, 2.75) is 26.0 Å². The van der Waals surface area contributed by atoms with Crippen molar-refractivity contribution in [3.05, 3.63) is 29.8 Å². The van der Waals surface area contributed by atoms with Crippen molar-refractivity contribution in [2.24, 2.45) is 0 Å². The van der Waals surface area contributed by atoms with Gasteiger partial charge in [-0.3, -0.25) is 4.21 Å². The van der Waals surface area contributed by atoms with Gasteiger partial charge < -0.3 is 15.7 Å². The van der Waals surface area contributed by atoms with E-state index in [1.54, 1.807) is 44.4 Å². The number of anilines is 1. The van der Waals surface area contributed by atoms with Gasteiger partial charge in [0.05, 0.1) is 6.10 Å². The molecule has 0 aromatic heterocycles. The fourth-order valence-electron chi connectivity index (χ4n) is 1.66. The van der Waals surface area contributed by atoms with E-state index in [2.05, 4.69) is 10.6 Å². The lowest BCUT2D eigenvalue weighted by Gasteiger charge is -2.14. The molecule has 2 amide bonds. The highest BCUT2D eigenvalue weighted by atomic mass is 32.2. The largest absolute Gasteiger partial charge is 0.389 e. The lowest BCUT2D eigenvalue weighted by atomic mass is 10.1. The van der Waals surface area contributed by atoms with Gasteiger partial charge in [-0.15, -0.1) is 0 Å². The Hall–Kier alpha value is -1.40. The van der Waals surface area contributed by atoms with E-state index in [-0.39, 0.29) is 12.1 Å². The first-order chi connectivity index (χ1) is 8.88. The molecule has 1 aromatic rings. The Bertz CT molecular complexity index is 463. The van der Waals surface area contributed by atoms with Crippen molar-refractivity contribution in [3.63, 3.8) is 0 Å². The third-order valence-corrected chi connectivity index (χ3v) is 3.46. The molecule has 3 unspecified atom stereocenters. The maximum atomic E-state index is 11.7. The predicted molar refractivity (Wildman–Crippen MR) is 77.6 cm³/mol. The van der Waals surface area contributed by atoms with E-state index < -0.39 is 16.9 Å². The van der Waals surface area contributed by atoms with Gasteiger partial charge in [0.25, 0.3) is 0 Å². The Morgan fingerprint density at radius 2 is 2.11 bits per heavy atom. The predicted octanol–water partition coefficient (Wildman–Crippen LogP) is 1.63. The average molecular weight is 284 g/mol. The first kappa shape index (κ1) is 15.7. The number of rotatable bonds is 5. The van der Waals surface area contributed by atoms with E-state index in [9.17, 15) is 14.1 Å². The molecular weight excluding hydrogens is 264 g/mol. The second-order valence-corrected chi connectivity index (χ2v) is 6.02. The number of amides is 2. The molecule has 106 valence electrons. The Balaban J connectivity index is 2.57. The van der Waals surface area contributed by atoms with Gasteiger partial charge in [-0.1, -0.05) is 12.1 Å². The Labute approximate surface area is 115 Å². The molecule has 0 aliphatic heterocycles. The molecule has 0 bridgehead atoms. The first-order valence-corrected chi connectivity index (χ1v) is 7.76. The summed E-state index contributed by atoms with van der Waals surface area (Å²) in [5.41, 5.74) is 1.35. The third-order valence-electron chi connectivity index (χ3n) is 2.49. The molecule has 0 saturated carbocycles. The quantitative estimate of drug-likeness (QED) is 0.769. The van der Waals surface area contributed by atoms with Crippen molar-refractivity contribution < 1.29 is 14.1 Å². The van der Waals surface area contributed by atoms with Crippen LogP contribution in [0.3, 0.4) is 0 Å². The smallest absolute Gasteiger partial charge is 0.319 e. The van der Waals surface area contributed by atoms with Crippen molar-refractivity contribution in [1.29, 1.82) is 0 Å². The number of aliphatic hydroxyl groups is 1. The van der Waals surface area contributed by atoms with Crippen LogP contribution in [0, 0.1) is 0 Å². The van der Waals surface area contributed by atoms with Gasteiger partial charge in [-0.2, -0.15) is 0 Å². The molecule has 0 aliphatic carbocycles. The van der Waals surface area contributed by atoms with Gasteiger partial charge in [-0.05, 0) is 31.5 Å². The summed E-state index contributed by atoms with van der Waals surface area (Å²) in [6.45, 7) is 3.46. The number of hydrogen-bond acceptors (Lipinski definition) is 3. The Morgan fingerprint density at radius 1 is 1.42 bits per heavy atom. The molecule has 6 heteroatoms. The summed E-state index contributed by atoms with van der Waals surface area (Å²) in [5, 5.41) is 14.8. The number of carbonyl (C=O) groups is 1. The van der Waals surface area contributed by atoms with Crippen LogP contribution in [0.2, 0.25) is 0 Å². The molecule has 0 aliphatic rings. The first-order valence-electron chi connectivity index (χ1n) is 6.04. The topological polar surface area (TPSA) is 78.4 Å². The SMILES string of the molecule is CC(CS(C)=O)NC(=O)Nc1cccc(C(C)O)c1. The average Bonchev–Trinajstić information content (AvgIpc) is 2.27. The van der Waals surface area contributed by atoms with Gasteiger partial charge in [0, 0.05) is 34.5 Å². The summed E-state index contributed by atoms with van der Waals surface area (Å²) in [6.07, 6.45) is 1.02. The number of nitrogens with one attached hydrogen (secondary N) is 2. The van der Waals surface area contributed by atoms with Crippen LogP contribution in [0.4, 0.5) is 10.5 Å². The molecule has 1 rings (SSSR count). The molecule has 0 fully saturated rings. The van der Waals surface area contributed by atoms with Gasteiger partial charge in [0.2, 0.25) is 0 Å². The van der Waals surface area contributed by atoms with E-state index in [1.165, 1.54) is 0 Å². The van der Waals surface area contributed by atoms with E-state index >= 15 is 0 Å². The molecule has 0 saturated heterocycles. The number of hydrogen-bond donors (Lipinski definition) is 3. The maximum Gasteiger partial charge on any atom is 0.319 e. The molecule has 3 N–H and O–H groups in total. The monoisotopic (exact) mass is 284 g/mol. The van der Waals surface area contributed by atoms with E-state index in [4.69, 9.17) is 0 Å². The van der Waals surface area contributed by atoms with Crippen molar-refractivity contribution in [2.75, 3.05) is 17.3 Å². The zero-order valence-corrected chi connectivity index (χ0v) is 12.2. The summed E-state index contributed by atoms with van der Waals surface area (Å²) < 4.78 is 11.0. The molecule has 1 aromatic carbocycles. The summed E-state index contributed by atoms with van der Waals surface area (Å²) >= 11 is 0. The molecule has 5 nitrogen and oxygen atoms in total. The summed E-state index contributed by atoms with van der Waals surface area (Å²) in [4.78, 5) is 11.7. The minimum Gasteiger partial charge on any atom is -0.389 e. The van der Waals surface area contributed by atoms with Crippen molar-refractivity contribution in [3.8, 4) is 0 Å². The molecule has 0 spiro atoms. The minimum atomic E-state index is -0.944. The van der Waals surface area contributed by atoms with Crippen molar-refractivity contribution in [1.82, 2.24) is 5.32 Å². The molecular formula is C13H20N2O3S. The normalized spacial score (nSPS) is 15.4. The van der Waals surface area contributed by atoms with Gasteiger partial charge in [-0.25, -0.2) is 4.79 Å². The highest BCUT2D eigenvalue weighted by Crippen LogP contribution is 2.16. The van der Waals surface area contributed by atoms with E-state index in [1.807, 2.05) is 0 Å². The minimum absolute atomic E-state index is 0.161. The lowest BCUT2D eigenvalue weighted by molar-refractivity contribution is 0.199. The highest BCUT2D eigenvalue weighted by molar-refractivity contribution is 7.84. The standard InChI is InChI=1S/C13H20N2O3S/c1-9(8-19(3)18)14-13(17)15-12-6-4-5-11(7-12)10(2)16/h4-7,9-10,16H,8H2,1-3H3,(H2,14,15,17). The molecule has 0 heterocycles. The van der Waals surface area contributed by atoms with Crippen LogP contribution < -0.4 is 10.6 Å². The molecule has 3 atom stereocenters. The Kier molecular flexibility index (Phi) is 5.98. The zero-order valence-electron chi connectivity index (χ0n) is 11.3. The zero-order chi connectivity index (χ0) is 14.4. The number of carbonyl (C=O) groups excluding carboxylic acids is 1. The molecule has 0 radical (unpaired) electrons. The lowest BCUT2D eigenvalue weighted by Crippen LogP contribution is -2.39. The second kappa shape index (κ2) is 7.25. The summed E-state index contributed by atoms with van der Waals surface area (Å²) in [6, 6.07) is 6.51. The summed E-state index contributed by atoms with van der Waals surface area (Å²) in [5.74, 6) is 0.418. The van der Waals surface area contributed by atoms with Crippen LogP contribution in [-0.4, -0.2) is 33.4 Å². The van der Waals surface area contributed by atoms with Crippen LogP contribution in [0.15, 0.2) is 24.3 Å². The van der Waals surface area contributed by atoms with Gasteiger partial charge in [0.1, 0.15) is 0 Å². The van der Waals surface area contributed by atoms with E-state index in [0.717, 1.165) is 5.56 Å². The fraction of sp³-hybridized carbons (Fsp3) is 0.462. The third kappa shape index (κ3) is 5.85. The van der Waals surface area contributed by atoms with Crippen LogP contribution in [-0.2, 0) is 10.8 Å².